The van der Waals surface area contributed by atoms with E-state index in [9.17, 15) is 0 Å². The molecular formula is C18H25N3. The molecule has 0 aliphatic heterocycles. The fourth-order valence-electron chi connectivity index (χ4n) is 3.45. The molecule has 1 aliphatic rings. The van der Waals surface area contributed by atoms with Crippen LogP contribution >= 0.6 is 0 Å². The molecule has 0 amide bonds. The lowest BCUT2D eigenvalue weighted by molar-refractivity contribution is 0.409. The van der Waals surface area contributed by atoms with Crippen molar-refractivity contribution in [3.05, 3.63) is 54.1 Å². The maximum Gasteiger partial charge on any atom is 0.110 e. The Morgan fingerprint density at radius 3 is 2.62 bits per heavy atom. The second kappa shape index (κ2) is 6.02. The molecule has 1 saturated carbocycles. The van der Waals surface area contributed by atoms with Crippen LogP contribution in [-0.2, 0) is 18.4 Å². The second-order valence-electron chi connectivity index (χ2n) is 5.97. The van der Waals surface area contributed by atoms with Gasteiger partial charge in [0.25, 0.3) is 0 Å². The Morgan fingerprint density at radius 1 is 1.24 bits per heavy atom. The molecule has 1 aromatic heterocycles. The third-order valence-electron chi connectivity index (χ3n) is 4.78. The summed E-state index contributed by atoms with van der Waals surface area (Å²) in [5.74, 6) is 1.20. The molecule has 1 aliphatic carbocycles. The van der Waals surface area contributed by atoms with Gasteiger partial charge in [-0.3, -0.25) is 0 Å². The van der Waals surface area contributed by atoms with Crippen LogP contribution in [0.3, 0.4) is 0 Å². The third kappa shape index (κ3) is 2.75. The number of benzene rings is 1. The van der Waals surface area contributed by atoms with Gasteiger partial charge in [-0.05, 0) is 31.9 Å². The molecule has 112 valence electrons. The first-order valence-electron chi connectivity index (χ1n) is 8.09. The van der Waals surface area contributed by atoms with Gasteiger partial charge in [-0.15, -0.1) is 0 Å². The number of aromatic nitrogens is 2. The monoisotopic (exact) mass is 283 g/mol. The maximum absolute atomic E-state index is 4.57. The minimum absolute atomic E-state index is 0.307. The van der Waals surface area contributed by atoms with Crippen LogP contribution < -0.4 is 5.32 Å². The number of rotatable bonds is 7. The van der Waals surface area contributed by atoms with Gasteiger partial charge in [0.05, 0.1) is 0 Å². The van der Waals surface area contributed by atoms with Gasteiger partial charge < -0.3 is 9.88 Å². The molecule has 0 bridgehead atoms. The van der Waals surface area contributed by atoms with Crippen LogP contribution in [0.1, 0.15) is 38.1 Å². The van der Waals surface area contributed by atoms with E-state index in [1.807, 2.05) is 6.20 Å². The van der Waals surface area contributed by atoms with Crippen molar-refractivity contribution in [1.29, 1.82) is 0 Å². The van der Waals surface area contributed by atoms with Crippen molar-refractivity contribution in [3.63, 3.8) is 0 Å². The van der Waals surface area contributed by atoms with E-state index >= 15 is 0 Å². The predicted octanol–water partition coefficient (Wildman–Crippen LogP) is 3.16. The van der Waals surface area contributed by atoms with Gasteiger partial charge in [-0.2, -0.15) is 0 Å². The number of hydrogen-bond donors (Lipinski definition) is 1. The van der Waals surface area contributed by atoms with Crippen LogP contribution in [0.4, 0.5) is 0 Å². The zero-order valence-corrected chi connectivity index (χ0v) is 13.0. The molecule has 1 aromatic carbocycles. The summed E-state index contributed by atoms with van der Waals surface area (Å²) < 4.78 is 2.26. The van der Waals surface area contributed by atoms with Gasteiger partial charge in [0.2, 0.25) is 0 Å². The molecule has 0 radical (unpaired) electrons. The Bertz CT molecular complexity index is 569. The maximum atomic E-state index is 4.57. The summed E-state index contributed by atoms with van der Waals surface area (Å²) in [5.41, 5.74) is 1.78. The molecular weight excluding hydrogens is 258 g/mol. The normalized spacial score (nSPS) is 17.6. The second-order valence-corrected chi connectivity index (χ2v) is 5.97. The largest absolute Gasteiger partial charge is 0.335 e. The zero-order valence-electron chi connectivity index (χ0n) is 13.0. The number of nitrogens with one attached hydrogen (secondary N) is 1. The van der Waals surface area contributed by atoms with Crippen LogP contribution in [0.25, 0.3) is 0 Å². The molecule has 3 heteroatoms. The predicted molar refractivity (Wildman–Crippen MR) is 86.4 cm³/mol. The molecule has 21 heavy (non-hydrogen) atoms. The molecule has 3 rings (SSSR count). The molecule has 1 fully saturated rings. The van der Waals surface area contributed by atoms with Crippen molar-refractivity contribution in [1.82, 2.24) is 14.9 Å². The molecule has 3 nitrogen and oxygen atoms in total. The smallest absolute Gasteiger partial charge is 0.110 e. The van der Waals surface area contributed by atoms with Crippen LogP contribution in [0, 0.1) is 0 Å². The Labute approximate surface area is 127 Å². The van der Waals surface area contributed by atoms with Crippen molar-refractivity contribution in [3.8, 4) is 0 Å². The zero-order chi connectivity index (χ0) is 14.7. The summed E-state index contributed by atoms with van der Waals surface area (Å²) in [6.07, 6.45) is 7.57. The van der Waals surface area contributed by atoms with Crippen molar-refractivity contribution in [2.45, 2.75) is 51.1 Å². The van der Waals surface area contributed by atoms with Gasteiger partial charge >= 0.3 is 0 Å². The Morgan fingerprint density at radius 2 is 2.00 bits per heavy atom. The molecule has 1 N–H and O–H groups in total. The fourth-order valence-corrected chi connectivity index (χ4v) is 3.45. The molecule has 0 saturated heterocycles. The Balaban J connectivity index is 1.85. The van der Waals surface area contributed by atoms with E-state index < -0.39 is 0 Å². The highest BCUT2D eigenvalue weighted by Crippen LogP contribution is 2.51. The van der Waals surface area contributed by atoms with E-state index in [4.69, 9.17) is 0 Å². The van der Waals surface area contributed by atoms with E-state index in [0.717, 1.165) is 19.5 Å². The molecule has 1 unspecified atom stereocenters. The first-order chi connectivity index (χ1) is 10.3. The first-order valence-corrected chi connectivity index (χ1v) is 8.09. The van der Waals surface area contributed by atoms with Gasteiger partial charge in [-0.25, -0.2) is 4.98 Å². The lowest BCUT2D eigenvalue weighted by Crippen LogP contribution is -2.42. The lowest BCUT2D eigenvalue weighted by atomic mass is 9.86. The van der Waals surface area contributed by atoms with Crippen molar-refractivity contribution < 1.29 is 0 Å². The number of likely N-dealkylation sites (N-methyl/N-ethyl adjacent to an activating group) is 1. The van der Waals surface area contributed by atoms with E-state index in [0.29, 0.717) is 11.5 Å². The minimum Gasteiger partial charge on any atom is -0.335 e. The SMILES string of the molecule is CCNC(Cc1nccn1CC)C1(c2ccccc2)CC1. The Kier molecular flexibility index (Phi) is 4.11. The van der Waals surface area contributed by atoms with Crippen molar-refractivity contribution in [2.24, 2.45) is 0 Å². The van der Waals surface area contributed by atoms with Gasteiger partial charge in [0.15, 0.2) is 0 Å². The van der Waals surface area contributed by atoms with Crippen molar-refractivity contribution >= 4 is 0 Å². The van der Waals surface area contributed by atoms with Crippen LogP contribution in [0.2, 0.25) is 0 Å². The topological polar surface area (TPSA) is 29.9 Å². The van der Waals surface area contributed by atoms with Gasteiger partial charge in [0, 0.05) is 36.8 Å². The number of imidazole rings is 1. The summed E-state index contributed by atoms with van der Waals surface area (Å²) in [6, 6.07) is 11.5. The highest BCUT2D eigenvalue weighted by molar-refractivity contribution is 5.34. The average molecular weight is 283 g/mol. The average Bonchev–Trinajstić information content (AvgIpc) is 3.22. The van der Waals surface area contributed by atoms with Gasteiger partial charge in [0.1, 0.15) is 5.82 Å². The van der Waals surface area contributed by atoms with E-state index in [1.165, 1.54) is 24.2 Å². The van der Waals surface area contributed by atoms with E-state index in [2.05, 4.69) is 65.2 Å². The van der Waals surface area contributed by atoms with Gasteiger partial charge in [-0.1, -0.05) is 37.3 Å². The quantitative estimate of drug-likeness (QED) is 0.846. The minimum atomic E-state index is 0.307. The van der Waals surface area contributed by atoms with Crippen LogP contribution in [0.5, 0.6) is 0 Å². The summed E-state index contributed by atoms with van der Waals surface area (Å²) in [5, 5.41) is 3.72. The third-order valence-corrected chi connectivity index (χ3v) is 4.78. The first kappa shape index (κ1) is 14.3. The Hall–Kier alpha value is -1.61. The molecule has 0 spiro atoms. The number of hydrogen-bond acceptors (Lipinski definition) is 2. The van der Waals surface area contributed by atoms with Crippen LogP contribution in [0.15, 0.2) is 42.7 Å². The lowest BCUT2D eigenvalue weighted by Gasteiger charge is -2.28. The summed E-state index contributed by atoms with van der Waals surface area (Å²) in [6.45, 7) is 6.37. The molecule has 1 heterocycles. The highest BCUT2D eigenvalue weighted by Gasteiger charge is 2.50. The van der Waals surface area contributed by atoms with Crippen molar-refractivity contribution in [2.75, 3.05) is 6.54 Å². The number of nitrogens with zero attached hydrogens (tertiary/aromatic N) is 2. The molecule has 1 atom stereocenters. The van der Waals surface area contributed by atoms with E-state index in [-0.39, 0.29) is 0 Å². The molecule has 2 aromatic rings. The highest BCUT2D eigenvalue weighted by atomic mass is 15.1. The number of aryl methyl sites for hydroxylation is 1. The van der Waals surface area contributed by atoms with E-state index in [1.54, 1.807) is 0 Å². The summed E-state index contributed by atoms with van der Waals surface area (Å²) in [7, 11) is 0. The van der Waals surface area contributed by atoms with Crippen LogP contribution in [-0.4, -0.2) is 22.1 Å². The summed E-state index contributed by atoms with van der Waals surface area (Å²) >= 11 is 0. The fraction of sp³-hybridized carbons (Fsp3) is 0.500. The summed E-state index contributed by atoms with van der Waals surface area (Å²) in [4.78, 5) is 4.57. The standard InChI is InChI=1S/C18H25N3/c1-3-19-16(14-17-20-12-13-21(17)4-2)18(10-11-18)15-8-6-5-7-9-15/h5-9,12-13,16,19H,3-4,10-11,14H2,1-2H3.